The molecule has 2 aliphatic rings. The summed E-state index contributed by atoms with van der Waals surface area (Å²) in [6.07, 6.45) is 1.69. The number of fused-ring (bicyclic) bond motifs is 1. The summed E-state index contributed by atoms with van der Waals surface area (Å²) in [4.78, 5) is 15.5. The van der Waals surface area contributed by atoms with Crippen molar-refractivity contribution in [1.29, 1.82) is 10.8 Å². The number of hydrogen-bond acceptors (Lipinski definition) is 9. The van der Waals surface area contributed by atoms with Crippen LogP contribution in [0.5, 0.6) is 5.75 Å². The first kappa shape index (κ1) is 31.3. The van der Waals surface area contributed by atoms with Crippen LogP contribution in [0.1, 0.15) is 28.8 Å². The predicted molar refractivity (Wildman–Crippen MR) is 166 cm³/mol. The van der Waals surface area contributed by atoms with Crippen LogP contribution < -0.4 is 14.2 Å². The minimum absolute atomic E-state index is 0.151. The van der Waals surface area contributed by atoms with Crippen molar-refractivity contribution in [2.45, 2.75) is 36.8 Å². The van der Waals surface area contributed by atoms with Crippen LogP contribution in [0.4, 0.5) is 5.69 Å². The Morgan fingerprint density at radius 2 is 1.70 bits per heavy atom. The van der Waals surface area contributed by atoms with Crippen LogP contribution in [0, 0.1) is 10.8 Å². The van der Waals surface area contributed by atoms with Gasteiger partial charge in [-0.2, -0.15) is 3.71 Å². The Balaban J connectivity index is 1.35. The van der Waals surface area contributed by atoms with Crippen molar-refractivity contribution >= 4 is 54.8 Å². The summed E-state index contributed by atoms with van der Waals surface area (Å²) in [5.74, 6) is -2.44. The Morgan fingerprint density at radius 1 is 1.00 bits per heavy atom. The van der Waals surface area contributed by atoms with Crippen LogP contribution in [0.2, 0.25) is 0 Å². The molecule has 2 aliphatic heterocycles. The number of carboxylic acid groups (broad SMARTS) is 1. The number of guanidine groups is 1. The molecule has 0 aliphatic carbocycles. The summed E-state index contributed by atoms with van der Waals surface area (Å²) in [6, 6.07) is 13.5. The van der Waals surface area contributed by atoms with Crippen molar-refractivity contribution in [2.75, 3.05) is 29.1 Å². The summed E-state index contributed by atoms with van der Waals surface area (Å²) in [7, 11) is -9.67. The van der Waals surface area contributed by atoms with Crippen LogP contribution in [-0.2, 0) is 37.8 Å². The Hall–Kier alpha value is -4.15. The maximum atomic E-state index is 13.8. The first-order chi connectivity index (χ1) is 20.8. The number of piperidine rings is 1. The van der Waals surface area contributed by atoms with E-state index >= 15 is 0 Å². The van der Waals surface area contributed by atoms with Gasteiger partial charge in [-0.25, -0.2) is 16.8 Å². The minimum atomic E-state index is -4.89. The second-order valence-electron chi connectivity index (χ2n) is 10.5. The molecule has 0 atom stereocenters. The van der Waals surface area contributed by atoms with E-state index in [0.717, 1.165) is 10.4 Å². The van der Waals surface area contributed by atoms with Gasteiger partial charge in [0, 0.05) is 39.0 Å². The van der Waals surface area contributed by atoms with Crippen molar-refractivity contribution < 1.29 is 31.5 Å². The quantitative estimate of drug-likeness (QED) is 0.195. The molecule has 3 aromatic rings. The van der Waals surface area contributed by atoms with E-state index in [1.54, 1.807) is 11.0 Å². The van der Waals surface area contributed by atoms with Gasteiger partial charge in [-0.15, -0.1) is 11.3 Å². The van der Waals surface area contributed by atoms with E-state index < -0.39 is 31.8 Å². The van der Waals surface area contributed by atoms with Gasteiger partial charge < -0.3 is 25.4 Å². The number of nitrogens with zero attached hydrogens (tertiary/aromatic N) is 3. The normalized spacial score (nSPS) is 15.8. The lowest BCUT2D eigenvalue weighted by Crippen LogP contribution is -2.41. The number of sulfonamides is 2. The molecule has 44 heavy (non-hydrogen) atoms. The molecule has 0 saturated carbocycles. The Labute approximate surface area is 259 Å². The number of likely N-dealkylation sites (tertiary alicyclic amines) is 1. The lowest BCUT2D eigenvalue weighted by molar-refractivity contribution is -0.134. The number of ether oxygens (including phenoxy) is 1. The molecule has 1 saturated heterocycles. The summed E-state index contributed by atoms with van der Waals surface area (Å²) >= 11 is 1.51. The number of hydrogen-bond donors (Lipinski definition) is 4. The van der Waals surface area contributed by atoms with Gasteiger partial charge in [0.05, 0.1) is 15.5 Å². The second kappa shape index (κ2) is 12.5. The molecule has 234 valence electrons. The molecular formula is C28H32N6O7S3. The second-order valence-corrected chi connectivity index (χ2v) is 15.2. The maximum Gasteiger partial charge on any atom is 0.320 e. The van der Waals surface area contributed by atoms with E-state index in [2.05, 4.69) is 0 Å². The van der Waals surface area contributed by atoms with Gasteiger partial charge in [0.2, 0.25) is 0 Å². The van der Waals surface area contributed by atoms with Gasteiger partial charge in [0.15, 0.2) is 11.7 Å². The largest absolute Gasteiger partial charge is 0.490 e. The number of carboxylic acids is 1. The topological polar surface area (TPSA) is 198 Å². The first-order valence-corrected chi connectivity index (χ1v) is 17.6. The molecule has 0 radical (unpaired) electrons. The molecule has 5 N–H and O–H groups in total. The maximum absolute atomic E-state index is 13.8. The molecule has 2 aromatic carbocycles. The number of benzene rings is 2. The molecule has 5 rings (SSSR count). The van der Waals surface area contributed by atoms with Gasteiger partial charge in [-0.3, -0.25) is 15.6 Å². The van der Waals surface area contributed by atoms with Crippen LogP contribution in [-0.4, -0.2) is 81.0 Å². The number of anilines is 1. The number of amidine groups is 1. The van der Waals surface area contributed by atoms with E-state index in [-0.39, 0.29) is 32.9 Å². The zero-order chi connectivity index (χ0) is 31.6. The first-order valence-electron chi connectivity index (χ1n) is 13.7. The average molecular weight is 661 g/mol. The molecular weight excluding hydrogens is 629 g/mol. The van der Waals surface area contributed by atoms with E-state index in [9.17, 15) is 26.7 Å². The highest BCUT2D eigenvalue weighted by Gasteiger charge is 2.38. The van der Waals surface area contributed by atoms with E-state index in [1.807, 2.05) is 22.4 Å². The third kappa shape index (κ3) is 6.66. The van der Waals surface area contributed by atoms with Crippen molar-refractivity contribution in [3.8, 4) is 5.75 Å². The van der Waals surface area contributed by atoms with Crippen LogP contribution >= 0.6 is 11.3 Å². The Morgan fingerprint density at radius 3 is 2.32 bits per heavy atom. The van der Waals surface area contributed by atoms with Crippen molar-refractivity contribution in [2.24, 2.45) is 5.73 Å². The molecule has 3 heterocycles. The van der Waals surface area contributed by atoms with Crippen molar-refractivity contribution in [3.05, 3.63) is 76.0 Å². The van der Waals surface area contributed by atoms with Gasteiger partial charge >= 0.3 is 5.97 Å². The van der Waals surface area contributed by atoms with E-state index in [4.69, 9.17) is 21.3 Å². The van der Waals surface area contributed by atoms with Crippen LogP contribution in [0.3, 0.4) is 0 Å². The molecule has 0 unspecified atom stereocenters. The molecule has 0 bridgehead atoms. The number of nitrogens with one attached hydrogen (secondary N) is 2. The van der Waals surface area contributed by atoms with Gasteiger partial charge in [-0.1, -0.05) is 12.1 Å². The van der Waals surface area contributed by atoms with Gasteiger partial charge in [0.25, 0.3) is 20.0 Å². The molecule has 13 nitrogen and oxygen atoms in total. The van der Waals surface area contributed by atoms with Gasteiger partial charge in [-0.05, 0) is 65.4 Å². The van der Waals surface area contributed by atoms with Crippen molar-refractivity contribution in [1.82, 2.24) is 9.80 Å². The summed E-state index contributed by atoms with van der Waals surface area (Å²) in [5.41, 5.74) is 6.80. The highest BCUT2D eigenvalue weighted by atomic mass is 32.3. The molecule has 1 fully saturated rings. The van der Waals surface area contributed by atoms with Crippen molar-refractivity contribution in [3.63, 3.8) is 0 Å². The predicted octanol–water partition coefficient (Wildman–Crippen LogP) is 2.48. The lowest BCUT2D eigenvalue weighted by Gasteiger charge is -2.33. The monoisotopic (exact) mass is 660 g/mol. The lowest BCUT2D eigenvalue weighted by atomic mass is 9.99. The number of carbonyl (C=O) groups is 1. The molecule has 0 amide bonds. The fourth-order valence-electron chi connectivity index (χ4n) is 5.27. The molecule has 1 aromatic heterocycles. The summed E-state index contributed by atoms with van der Waals surface area (Å²) < 4.78 is 60.4. The summed E-state index contributed by atoms with van der Waals surface area (Å²) in [5, 5.41) is 27.3. The molecule has 0 spiro atoms. The fraction of sp³-hybridized carbons (Fsp3) is 0.321. The number of aliphatic carboxylic acids is 1. The zero-order valence-electron chi connectivity index (χ0n) is 23.5. The standard InChI is InChI=1S/C28H32N6O7S3/c29-27(25-2-1-15-42-25)32-13-10-23(11-14-32)41-22-5-7-24(8-6-22)44(39,40)34(43(37,38)18-26(35)36)21-4-3-19-9-12-33(28(30)31)17-20(19)16-21/h1-8,15-16,23,29H,9-14,17-18H2,(H3,30,31)(H,35,36). The average Bonchev–Trinajstić information content (AvgIpc) is 3.51. The summed E-state index contributed by atoms with van der Waals surface area (Å²) in [6.45, 7) is 1.92. The van der Waals surface area contributed by atoms with Gasteiger partial charge in [0.1, 0.15) is 17.7 Å². The van der Waals surface area contributed by atoms with Crippen LogP contribution in [0.25, 0.3) is 0 Å². The number of rotatable bonds is 9. The Kier molecular flexibility index (Phi) is 8.85. The van der Waals surface area contributed by atoms with Crippen LogP contribution in [0.15, 0.2) is 64.9 Å². The van der Waals surface area contributed by atoms with E-state index in [0.29, 0.717) is 56.0 Å². The number of thiophene rings is 1. The smallest absolute Gasteiger partial charge is 0.320 e. The SMILES string of the molecule is N=C(N)N1CCc2ccc(N(S(=O)(=O)CC(=O)O)S(=O)(=O)c3ccc(OC4CCN(C(=N)c5cccs5)CC4)cc3)cc2C1. The minimum Gasteiger partial charge on any atom is -0.490 e. The highest BCUT2D eigenvalue weighted by Crippen LogP contribution is 2.32. The Bertz CT molecular complexity index is 1770. The highest BCUT2D eigenvalue weighted by molar-refractivity contribution is 8.10. The third-order valence-electron chi connectivity index (χ3n) is 7.47. The fourth-order valence-corrected chi connectivity index (χ4v) is 9.51. The molecule has 16 heteroatoms. The zero-order valence-corrected chi connectivity index (χ0v) is 26.0. The van der Waals surface area contributed by atoms with E-state index in [1.165, 1.54) is 47.7 Å². The third-order valence-corrected chi connectivity index (χ3v) is 12.5. The number of nitrogens with two attached hydrogens (primary N) is 1.